The Morgan fingerprint density at radius 2 is 2.11 bits per heavy atom. The molecule has 0 saturated heterocycles. The van der Waals surface area contributed by atoms with E-state index in [-0.39, 0.29) is 23.1 Å². The fourth-order valence-corrected chi connectivity index (χ4v) is 2.53. The molecule has 2 N–H and O–H groups in total. The van der Waals surface area contributed by atoms with Crippen LogP contribution in [0.1, 0.15) is 22.8 Å². The van der Waals surface area contributed by atoms with Gasteiger partial charge in [0.2, 0.25) is 10.0 Å². The van der Waals surface area contributed by atoms with Crippen molar-refractivity contribution in [3.05, 3.63) is 29.3 Å². The Morgan fingerprint density at radius 1 is 1.47 bits per heavy atom. The molecule has 106 valence electrons. The van der Waals surface area contributed by atoms with Crippen molar-refractivity contribution in [2.24, 2.45) is 0 Å². The van der Waals surface area contributed by atoms with Gasteiger partial charge in [0.15, 0.2) is 0 Å². The minimum Gasteiger partial charge on any atom is -0.478 e. The molecule has 1 atom stereocenters. The van der Waals surface area contributed by atoms with Crippen molar-refractivity contribution >= 4 is 16.0 Å². The first kappa shape index (κ1) is 15.6. The Morgan fingerprint density at radius 3 is 2.63 bits per heavy atom. The topological polar surface area (TPSA) is 92.7 Å². The van der Waals surface area contributed by atoms with E-state index in [1.165, 1.54) is 19.2 Å². The van der Waals surface area contributed by atoms with Gasteiger partial charge in [0, 0.05) is 13.7 Å². The molecular formula is C12H17NO5S. The summed E-state index contributed by atoms with van der Waals surface area (Å²) in [5, 5.41) is 8.98. The maximum absolute atomic E-state index is 12.0. The van der Waals surface area contributed by atoms with E-state index in [9.17, 15) is 13.2 Å². The first-order valence-corrected chi connectivity index (χ1v) is 7.12. The predicted molar refractivity (Wildman–Crippen MR) is 69.8 cm³/mol. The van der Waals surface area contributed by atoms with Crippen LogP contribution in [0.25, 0.3) is 0 Å². The lowest BCUT2D eigenvalue weighted by Gasteiger charge is -2.12. The molecule has 0 heterocycles. The van der Waals surface area contributed by atoms with Crippen molar-refractivity contribution in [2.45, 2.75) is 24.8 Å². The number of rotatable bonds is 6. The van der Waals surface area contributed by atoms with Gasteiger partial charge in [-0.2, -0.15) is 0 Å². The number of methoxy groups -OCH3 is 1. The number of carbonyl (C=O) groups is 1. The van der Waals surface area contributed by atoms with Gasteiger partial charge in [-0.3, -0.25) is 0 Å². The number of benzene rings is 1. The average Bonchev–Trinajstić information content (AvgIpc) is 2.35. The Bertz CT molecular complexity index is 567. The number of carboxylic acids is 1. The van der Waals surface area contributed by atoms with E-state index in [1.54, 1.807) is 13.8 Å². The zero-order valence-electron chi connectivity index (χ0n) is 11.0. The van der Waals surface area contributed by atoms with Crippen LogP contribution in [0, 0.1) is 6.92 Å². The minimum absolute atomic E-state index is 0.0253. The van der Waals surface area contributed by atoms with Crippen LogP contribution in [0.3, 0.4) is 0 Å². The standard InChI is InChI=1S/C12H17NO5S/c1-8-4-5-10(6-11(8)12(14)15)19(16,17)13-7-9(2)18-3/h4-6,9,13H,7H2,1-3H3,(H,14,15). The number of nitrogens with one attached hydrogen (secondary N) is 1. The summed E-state index contributed by atoms with van der Waals surface area (Å²) in [6, 6.07) is 4.00. The van der Waals surface area contributed by atoms with Crippen LogP contribution in [0.2, 0.25) is 0 Å². The highest BCUT2D eigenvalue weighted by Gasteiger charge is 2.18. The second-order valence-corrected chi connectivity index (χ2v) is 5.95. The van der Waals surface area contributed by atoms with Crippen LogP contribution in [0.4, 0.5) is 0 Å². The zero-order valence-corrected chi connectivity index (χ0v) is 11.8. The summed E-state index contributed by atoms with van der Waals surface area (Å²) in [5.41, 5.74) is 0.486. The van der Waals surface area contributed by atoms with Crippen LogP contribution in [-0.4, -0.2) is 39.3 Å². The molecule has 0 aliphatic rings. The molecule has 0 aliphatic carbocycles. The van der Waals surface area contributed by atoms with Crippen LogP contribution < -0.4 is 4.72 Å². The van der Waals surface area contributed by atoms with Gasteiger partial charge >= 0.3 is 5.97 Å². The molecule has 1 aromatic rings. The number of aryl methyl sites for hydroxylation is 1. The fraction of sp³-hybridized carbons (Fsp3) is 0.417. The lowest BCUT2D eigenvalue weighted by Crippen LogP contribution is -2.31. The number of aromatic carboxylic acids is 1. The molecule has 6 nitrogen and oxygen atoms in total. The lowest BCUT2D eigenvalue weighted by molar-refractivity contribution is 0.0696. The summed E-state index contributed by atoms with van der Waals surface area (Å²) in [6.45, 7) is 3.45. The number of carboxylic acid groups (broad SMARTS) is 1. The van der Waals surface area contributed by atoms with E-state index in [2.05, 4.69) is 4.72 Å². The summed E-state index contributed by atoms with van der Waals surface area (Å²) >= 11 is 0. The van der Waals surface area contributed by atoms with Crippen LogP contribution in [0.15, 0.2) is 23.1 Å². The molecule has 1 aromatic carbocycles. The van der Waals surface area contributed by atoms with Gasteiger partial charge in [-0.1, -0.05) is 6.07 Å². The molecule has 0 amide bonds. The highest BCUT2D eigenvalue weighted by atomic mass is 32.2. The van der Waals surface area contributed by atoms with Crippen LogP contribution in [0.5, 0.6) is 0 Å². The molecule has 0 radical (unpaired) electrons. The van der Waals surface area contributed by atoms with Gasteiger partial charge in [0.05, 0.1) is 16.6 Å². The Kier molecular flexibility index (Phi) is 5.04. The lowest BCUT2D eigenvalue weighted by atomic mass is 10.1. The van der Waals surface area contributed by atoms with E-state index in [0.29, 0.717) is 5.56 Å². The quantitative estimate of drug-likeness (QED) is 0.814. The first-order chi connectivity index (χ1) is 8.77. The minimum atomic E-state index is -3.73. The normalized spacial score (nSPS) is 13.2. The van der Waals surface area contributed by atoms with Crippen molar-refractivity contribution in [3.8, 4) is 0 Å². The molecule has 7 heteroatoms. The van der Waals surface area contributed by atoms with E-state index in [0.717, 1.165) is 6.07 Å². The molecule has 0 spiro atoms. The molecule has 0 fully saturated rings. The molecule has 19 heavy (non-hydrogen) atoms. The van der Waals surface area contributed by atoms with Gasteiger partial charge in [0.25, 0.3) is 0 Å². The van der Waals surface area contributed by atoms with Crippen molar-refractivity contribution in [1.82, 2.24) is 4.72 Å². The molecule has 0 aliphatic heterocycles. The summed E-state index contributed by atoms with van der Waals surface area (Å²) < 4.78 is 31.3. The Balaban J connectivity index is 3.02. The van der Waals surface area contributed by atoms with Gasteiger partial charge in [-0.05, 0) is 31.5 Å². The van der Waals surface area contributed by atoms with E-state index < -0.39 is 16.0 Å². The maximum Gasteiger partial charge on any atom is 0.335 e. The van der Waals surface area contributed by atoms with Gasteiger partial charge in [-0.25, -0.2) is 17.9 Å². The second-order valence-electron chi connectivity index (χ2n) is 4.18. The Hall–Kier alpha value is -1.44. The summed E-state index contributed by atoms with van der Waals surface area (Å²) in [7, 11) is -2.25. The molecule has 1 rings (SSSR count). The number of ether oxygens (including phenoxy) is 1. The van der Waals surface area contributed by atoms with Gasteiger partial charge in [-0.15, -0.1) is 0 Å². The molecule has 0 bridgehead atoms. The second kappa shape index (κ2) is 6.14. The van der Waals surface area contributed by atoms with Gasteiger partial charge < -0.3 is 9.84 Å². The summed E-state index contributed by atoms with van der Waals surface area (Å²) in [6.07, 6.45) is -0.265. The Labute approximate surface area is 112 Å². The van der Waals surface area contributed by atoms with Crippen molar-refractivity contribution < 1.29 is 23.1 Å². The highest BCUT2D eigenvalue weighted by Crippen LogP contribution is 2.15. The molecular weight excluding hydrogens is 270 g/mol. The van der Waals surface area contributed by atoms with Crippen molar-refractivity contribution in [2.75, 3.05) is 13.7 Å². The third-order valence-electron chi connectivity index (χ3n) is 2.71. The fourth-order valence-electron chi connectivity index (χ4n) is 1.39. The highest BCUT2D eigenvalue weighted by molar-refractivity contribution is 7.89. The molecule has 1 unspecified atom stereocenters. The van der Waals surface area contributed by atoms with Crippen LogP contribution >= 0.6 is 0 Å². The zero-order chi connectivity index (χ0) is 14.6. The number of hydrogen-bond acceptors (Lipinski definition) is 4. The number of hydrogen-bond donors (Lipinski definition) is 2. The average molecular weight is 287 g/mol. The maximum atomic E-state index is 12.0. The van der Waals surface area contributed by atoms with E-state index in [1.807, 2.05) is 0 Å². The molecule has 0 saturated carbocycles. The van der Waals surface area contributed by atoms with Crippen LogP contribution in [-0.2, 0) is 14.8 Å². The SMILES string of the molecule is COC(C)CNS(=O)(=O)c1ccc(C)c(C(=O)O)c1. The number of sulfonamides is 1. The summed E-state index contributed by atoms with van der Waals surface area (Å²) in [4.78, 5) is 10.9. The third kappa shape index (κ3) is 4.02. The van der Waals surface area contributed by atoms with E-state index in [4.69, 9.17) is 9.84 Å². The molecule has 0 aromatic heterocycles. The monoisotopic (exact) mass is 287 g/mol. The largest absolute Gasteiger partial charge is 0.478 e. The first-order valence-electron chi connectivity index (χ1n) is 5.64. The summed E-state index contributed by atoms with van der Waals surface area (Å²) in [5.74, 6) is -1.15. The van der Waals surface area contributed by atoms with Gasteiger partial charge in [0.1, 0.15) is 0 Å². The third-order valence-corrected chi connectivity index (χ3v) is 4.13. The predicted octanol–water partition coefficient (Wildman–Crippen LogP) is 1.01. The van der Waals surface area contributed by atoms with E-state index >= 15 is 0 Å². The van der Waals surface area contributed by atoms with Crippen molar-refractivity contribution in [1.29, 1.82) is 0 Å². The van der Waals surface area contributed by atoms with Crippen molar-refractivity contribution in [3.63, 3.8) is 0 Å². The smallest absolute Gasteiger partial charge is 0.335 e.